The minimum absolute atomic E-state index is 0.167. The van der Waals surface area contributed by atoms with E-state index in [1.807, 2.05) is 45.2 Å². The molecule has 106 valence electrons. The minimum atomic E-state index is 0.167. The standard InChI is InChI=1S/C15H17Cl2N3/c1-9-10(2)15(19-18-14(9)17)20(4)11(3)12-5-7-13(16)8-6-12/h5-8,11H,1-4H3. The van der Waals surface area contributed by atoms with Crippen molar-refractivity contribution in [2.45, 2.75) is 26.8 Å². The highest BCUT2D eigenvalue weighted by atomic mass is 35.5. The Labute approximate surface area is 129 Å². The predicted octanol–water partition coefficient (Wildman–Crippen LogP) is 4.60. The lowest BCUT2D eigenvalue weighted by molar-refractivity contribution is 0.715. The topological polar surface area (TPSA) is 29.0 Å². The van der Waals surface area contributed by atoms with Gasteiger partial charge in [0.1, 0.15) is 0 Å². The van der Waals surface area contributed by atoms with Crippen LogP contribution in [-0.4, -0.2) is 17.2 Å². The molecule has 0 fully saturated rings. The van der Waals surface area contributed by atoms with Crippen LogP contribution in [0.15, 0.2) is 24.3 Å². The average molecular weight is 310 g/mol. The molecule has 0 saturated carbocycles. The Morgan fingerprint density at radius 3 is 2.20 bits per heavy atom. The van der Waals surface area contributed by atoms with E-state index in [9.17, 15) is 0 Å². The largest absolute Gasteiger partial charge is 0.351 e. The SMILES string of the molecule is Cc1c(Cl)nnc(N(C)C(C)c2ccc(Cl)cc2)c1C. The van der Waals surface area contributed by atoms with Crippen molar-refractivity contribution in [3.63, 3.8) is 0 Å². The van der Waals surface area contributed by atoms with Gasteiger partial charge in [-0.2, -0.15) is 0 Å². The second-order valence-electron chi connectivity index (χ2n) is 4.90. The summed E-state index contributed by atoms with van der Waals surface area (Å²) in [6, 6.07) is 8.00. The molecule has 0 amide bonds. The van der Waals surface area contributed by atoms with Gasteiger partial charge in [0.05, 0.1) is 6.04 Å². The fraction of sp³-hybridized carbons (Fsp3) is 0.333. The first-order chi connectivity index (χ1) is 9.41. The predicted molar refractivity (Wildman–Crippen MR) is 84.8 cm³/mol. The van der Waals surface area contributed by atoms with Crippen LogP contribution in [0.3, 0.4) is 0 Å². The average Bonchev–Trinajstić information content (AvgIpc) is 2.44. The molecule has 3 nitrogen and oxygen atoms in total. The third-order valence-corrected chi connectivity index (χ3v) is 4.32. The number of anilines is 1. The number of rotatable bonds is 3. The lowest BCUT2D eigenvalue weighted by Crippen LogP contribution is -2.24. The maximum Gasteiger partial charge on any atom is 0.155 e. The van der Waals surface area contributed by atoms with E-state index in [0.717, 1.165) is 22.0 Å². The van der Waals surface area contributed by atoms with Gasteiger partial charge < -0.3 is 4.90 Å². The van der Waals surface area contributed by atoms with Crippen LogP contribution in [0.2, 0.25) is 10.2 Å². The van der Waals surface area contributed by atoms with E-state index in [4.69, 9.17) is 23.2 Å². The molecule has 20 heavy (non-hydrogen) atoms. The van der Waals surface area contributed by atoms with E-state index in [0.29, 0.717) is 5.15 Å². The Hall–Kier alpha value is -1.32. The molecule has 1 atom stereocenters. The zero-order valence-corrected chi connectivity index (χ0v) is 13.5. The summed E-state index contributed by atoms with van der Waals surface area (Å²) in [7, 11) is 2.00. The highest BCUT2D eigenvalue weighted by molar-refractivity contribution is 6.30. The first-order valence-electron chi connectivity index (χ1n) is 6.39. The Kier molecular flexibility index (Phi) is 4.51. The second-order valence-corrected chi connectivity index (χ2v) is 5.70. The molecule has 2 aromatic rings. The van der Waals surface area contributed by atoms with Crippen molar-refractivity contribution in [2.75, 3.05) is 11.9 Å². The van der Waals surface area contributed by atoms with Gasteiger partial charge in [0.25, 0.3) is 0 Å². The molecule has 0 saturated heterocycles. The molecule has 5 heteroatoms. The Balaban J connectivity index is 2.33. The lowest BCUT2D eigenvalue weighted by Gasteiger charge is -2.27. The third kappa shape index (κ3) is 2.89. The van der Waals surface area contributed by atoms with E-state index in [1.54, 1.807) is 0 Å². The summed E-state index contributed by atoms with van der Waals surface area (Å²) < 4.78 is 0. The molecule has 0 bridgehead atoms. The molecule has 0 aliphatic rings. The summed E-state index contributed by atoms with van der Waals surface area (Å²) in [6.07, 6.45) is 0. The van der Waals surface area contributed by atoms with Gasteiger partial charge in [-0.1, -0.05) is 35.3 Å². The highest BCUT2D eigenvalue weighted by Crippen LogP contribution is 2.29. The van der Waals surface area contributed by atoms with Gasteiger partial charge in [0, 0.05) is 12.1 Å². The van der Waals surface area contributed by atoms with E-state index < -0.39 is 0 Å². The molecule has 2 rings (SSSR count). The maximum atomic E-state index is 6.00. The number of halogens is 2. The summed E-state index contributed by atoms with van der Waals surface area (Å²) in [4.78, 5) is 2.09. The van der Waals surface area contributed by atoms with Crippen LogP contribution >= 0.6 is 23.2 Å². The van der Waals surface area contributed by atoms with Gasteiger partial charge in [-0.05, 0) is 49.6 Å². The van der Waals surface area contributed by atoms with Crippen molar-refractivity contribution < 1.29 is 0 Å². The monoisotopic (exact) mass is 309 g/mol. The van der Waals surface area contributed by atoms with Gasteiger partial charge >= 0.3 is 0 Å². The van der Waals surface area contributed by atoms with Crippen molar-refractivity contribution in [1.82, 2.24) is 10.2 Å². The number of hydrogen-bond donors (Lipinski definition) is 0. The van der Waals surface area contributed by atoms with Gasteiger partial charge in [-0.15, -0.1) is 10.2 Å². The number of nitrogens with zero attached hydrogens (tertiary/aromatic N) is 3. The fourth-order valence-electron chi connectivity index (χ4n) is 2.05. The zero-order chi connectivity index (χ0) is 14.9. The van der Waals surface area contributed by atoms with Crippen LogP contribution < -0.4 is 4.90 Å². The molecule has 1 aromatic heterocycles. The van der Waals surface area contributed by atoms with Gasteiger partial charge in [0.15, 0.2) is 11.0 Å². The number of aromatic nitrogens is 2. The smallest absolute Gasteiger partial charge is 0.155 e. The van der Waals surface area contributed by atoms with Crippen LogP contribution in [0.5, 0.6) is 0 Å². The summed E-state index contributed by atoms with van der Waals surface area (Å²) in [5.41, 5.74) is 3.19. The third-order valence-electron chi connectivity index (χ3n) is 3.71. The minimum Gasteiger partial charge on any atom is -0.351 e. The van der Waals surface area contributed by atoms with Crippen molar-refractivity contribution in [3.8, 4) is 0 Å². The number of hydrogen-bond acceptors (Lipinski definition) is 3. The highest BCUT2D eigenvalue weighted by Gasteiger charge is 2.18. The zero-order valence-electron chi connectivity index (χ0n) is 12.0. The Morgan fingerprint density at radius 2 is 1.60 bits per heavy atom. The van der Waals surface area contributed by atoms with Gasteiger partial charge in [-0.25, -0.2) is 0 Å². The summed E-state index contributed by atoms with van der Waals surface area (Å²) in [6.45, 7) is 6.08. The van der Waals surface area contributed by atoms with Crippen LogP contribution in [0.25, 0.3) is 0 Å². The first-order valence-corrected chi connectivity index (χ1v) is 7.15. The lowest BCUT2D eigenvalue weighted by atomic mass is 10.1. The molecule has 0 radical (unpaired) electrons. The maximum absolute atomic E-state index is 6.00. The van der Waals surface area contributed by atoms with Crippen LogP contribution in [0, 0.1) is 13.8 Å². The molecular formula is C15H17Cl2N3. The van der Waals surface area contributed by atoms with Crippen molar-refractivity contribution in [3.05, 3.63) is 51.1 Å². The molecule has 0 N–H and O–H groups in total. The van der Waals surface area contributed by atoms with E-state index in [-0.39, 0.29) is 6.04 Å². The van der Waals surface area contributed by atoms with Crippen LogP contribution in [0.4, 0.5) is 5.82 Å². The molecular weight excluding hydrogens is 293 g/mol. The summed E-state index contributed by atoms with van der Waals surface area (Å²) >= 11 is 11.9. The summed E-state index contributed by atoms with van der Waals surface area (Å²) in [5, 5.41) is 9.42. The van der Waals surface area contributed by atoms with E-state index in [1.165, 1.54) is 5.56 Å². The van der Waals surface area contributed by atoms with Crippen LogP contribution in [-0.2, 0) is 0 Å². The molecule has 0 aliphatic carbocycles. The molecule has 0 spiro atoms. The first kappa shape index (κ1) is 15.1. The molecule has 0 aliphatic heterocycles. The van der Waals surface area contributed by atoms with Crippen molar-refractivity contribution in [1.29, 1.82) is 0 Å². The Morgan fingerprint density at radius 1 is 1.00 bits per heavy atom. The van der Waals surface area contributed by atoms with Crippen LogP contribution in [0.1, 0.15) is 29.7 Å². The van der Waals surface area contributed by atoms with E-state index >= 15 is 0 Å². The second kappa shape index (κ2) is 5.98. The normalized spacial score (nSPS) is 12.3. The fourth-order valence-corrected chi connectivity index (χ4v) is 2.35. The molecule has 1 unspecified atom stereocenters. The quantitative estimate of drug-likeness (QED) is 0.830. The van der Waals surface area contributed by atoms with Gasteiger partial charge in [-0.3, -0.25) is 0 Å². The number of benzene rings is 1. The van der Waals surface area contributed by atoms with E-state index in [2.05, 4.69) is 22.0 Å². The van der Waals surface area contributed by atoms with Crippen molar-refractivity contribution >= 4 is 29.0 Å². The van der Waals surface area contributed by atoms with Gasteiger partial charge in [0.2, 0.25) is 0 Å². The van der Waals surface area contributed by atoms with Crippen molar-refractivity contribution in [2.24, 2.45) is 0 Å². The molecule has 1 aromatic carbocycles. The molecule has 1 heterocycles. The Bertz CT molecular complexity index is 611. The summed E-state index contributed by atoms with van der Waals surface area (Å²) in [5.74, 6) is 0.842.